The van der Waals surface area contributed by atoms with Crippen LogP contribution in [0.25, 0.3) is 0 Å². The van der Waals surface area contributed by atoms with Crippen LogP contribution in [0.5, 0.6) is 5.75 Å². The van der Waals surface area contributed by atoms with Gasteiger partial charge < -0.3 is 15.6 Å². The summed E-state index contributed by atoms with van der Waals surface area (Å²) in [5.74, 6) is 0.353. The minimum absolute atomic E-state index is 0.0161. The fourth-order valence-electron chi connectivity index (χ4n) is 2.50. The maximum absolute atomic E-state index is 11.1. The van der Waals surface area contributed by atoms with Gasteiger partial charge in [-0.25, -0.2) is 0 Å². The molecule has 5 nitrogen and oxygen atoms in total. The third kappa shape index (κ3) is 4.31. The number of rotatable bonds is 7. The van der Waals surface area contributed by atoms with Crippen molar-refractivity contribution in [1.29, 1.82) is 0 Å². The van der Waals surface area contributed by atoms with E-state index in [0.717, 1.165) is 16.9 Å². The number of methoxy groups -OCH3 is 1. The molecule has 2 rings (SSSR count). The molecule has 23 heavy (non-hydrogen) atoms. The van der Waals surface area contributed by atoms with Crippen LogP contribution >= 0.6 is 0 Å². The lowest BCUT2D eigenvalue weighted by molar-refractivity contribution is 0.100. The Labute approximate surface area is 136 Å². The van der Waals surface area contributed by atoms with Gasteiger partial charge in [-0.05, 0) is 42.4 Å². The summed E-state index contributed by atoms with van der Waals surface area (Å²) >= 11 is 0. The largest absolute Gasteiger partial charge is 0.497 e. The van der Waals surface area contributed by atoms with Crippen LogP contribution in [0.4, 0.5) is 0 Å². The molecular formula is C18H22N2O3. The summed E-state index contributed by atoms with van der Waals surface area (Å²) in [6.45, 7) is 0.665. The molecule has 122 valence electrons. The predicted molar refractivity (Wildman–Crippen MR) is 89.2 cm³/mol. The molecule has 5 heteroatoms. The Balaban J connectivity index is 2.09. The highest BCUT2D eigenvalue weighted by Crippen LogP contribution is 2.23. The number of nitrogens with two attached hydrogens (primary N) is 1. The zero-order chi connectivity index (χ0) is 16.8. The number of carbonyl (C=O) groups is 1. The van der Waals surface area contributed by atoms with E-state index < -0.39 is 5.91 Å². The summed E-state index contributed by atoms with van der Waals surface area (Å²) in [6, 6.07) is 14.7. The minimum Gasteiger partial charge on any atom is -0.497 e. The summed E-state index contributed by atoms with van der Waals surface area (Å²) in [7, 11) is 3.58. The summed E-state index contributed by atoms with van der Waals surface area (Å²) in [5, 5.41) is 9.74. The van der Waals surface area contributed by atoms with Crippen molar-refractivity contribution in [2.45, 2.75) is 12.6 Å². The normalized spacial score (nSPS) is 12.2. The average Bonchev–Trinajstić information content (AvgIpc) is 2.56. The van der Waals surface area contributed by atoms with Crippen molar-refractivity contribution >= 4 is 5.91 Å². The van der Waals surface area contributed by atoms with E-state index in [2.05, 4.69) is 4.90 Å². The molecule has 0 saturated carbocycles. The molecule has 0 aliphatic rings. The highest BCUT2D eigenvalue weighted by molar-refractivity contribution is 5.92. The molecule has 3 N–H and O–H groups in total. The first-order chi connectivity index (χ1) is 11.0. The van der Waals surface area contributed by atoms with E-state index >= 15 is 0 Å². The van der Waals surface area contributed by atoms with E-state index in [-0.39, 0.29) is 12.6 Å². The maximum atomic E-state index is 11.1. The van der Waals surface area contributed by atoms with Crippen molar-refractivity contribution in [3.63, 3.8) is 0 Å². The number of aliphatic hydroxyl groups is 1. The molecule has 0 aliphatic carbocycles. The van der Waals surface area contributed by atoms with Crippen molar-refractivity contribution in [2.75, 3.05) is 20.8 Å². The van der Waals surface area contributed by atoms with Crippen LogP contribution in [-0.2, 0) is 6.54 Å². The van der Waals surface area contributed by atoms with Gasteiger partial charge in [0, 0.05) is 12.1 Å². The average molecular weight is 314 g/mol. The fraction of sp³-hybridized carbons (Fsp3) is 0.278. The van der Waals surface area contributed by atoms with Crippen molar-refractivity contribution < 1.29 is 14.6 Å². The monoisotopic (exact) mass is 314 g/mol. The van der Waals surface area contributed by atoms with Crippen LogP contribution in [0.1, 0.15) is 27.5 Å². The van der Waals surface area contributed by atoms with Gasteiger partial charge in [0.15, 0.2) is 0 Å². The Morgan fingerprint density at radius 3 is 2.26 bits per heavy atom. The quantitative estimate of drug-likeness (QED) is 0.819. The van der Waals surface area contributed by atoms with Crippen LogP contribution in [0.2, 0.25) is 0 Å². The van der Waals surface area contributed by atoms with Crippen LogP contribution in [0.3, 0.4) is 0 Å². The van der Waals surface area contributed by atoms with E-state index in [4.69, 9.17) is 10.5 Å². The molecule has 0 aromatic heterocycles. The first kappa shape index (κ1) is 17.0. The lowest BCUT2D eigenvalue weighted by Crippen LogP contribution is -2.27. The minimum atomic E-state index is -0.434. The number of carbonyl (C=O) groups excluding carboxylic acids is 1. The Hall–Kier alpha value is -2.37. The van der Waals surface area contributed by atoms with Crippen molar-refractivity contribution in [3.05, 3.63) is 65.2 Å². The molecule has 0 radical (unpaired) electrons. The molecule has 2 aromatic rings. The van der Waals surface area contributed by atoms with Gasteiger partial charge in [0.1, 0.15) is 5.75 Å². The number of hydrogen-bond acceptors (Lipinski definition) is 4. The van der Waals surface area contributed by atoms with Crippen molar-refractivity contribution in [2.24, 2.45) is 5.73 Å². The zero-order valence-electron chi connectivity index (χ0n) is 13.4. The Morgan fingerprint density at radius 1 is 1.17 bits per heavy atom. The number of ether oxygens (including phenoxy) is 1. The first-order valence-electron chi connectivity index (χ1n) is 7.39. The molecule has 0 aliphatic heterocycles. The summed E-state index contributed by atoms with van der Waals surface area (Å²) in [6.07, 6.45) is 0. The Kier molecular flexibility index (Phi) is 5.73. The molecule has 1 amide bonds. The van der Waals surface area contributed by atoms with Gasteiger partial charge in [-0.2, -0.15) is 0 Å². The number of likely N-dealkylation sites (N-methyl/N-ethyl adjacent to an activating group) is 1. The van der Waals surface area contributed by atoms with E-state index in [1.165, 1.54) is 0 Å². The Bertz CT molecular complexity index is 638. The number of benzene rings is 2. The Morgan fingerprint density at radius 2 is 1.78 bits per heavy atom. The van der Waals surface area contributed by atoms with Gasteiger partial charge in [0.25, 0.3) is 0 Å². The number of amides is 1. The lowest BCUT2D eigenvalue weighted by atomic mass is 10.0. The second-order valence-electron chi connectivity index (χ2n) is 5.45. The summed E-state index contributed by atoms with van der Waals surface area (Å²) in [4.78, 5) is 13.2. The van der Waals surface area contributed by atoms with E-state index in [0.29, 0.717) is 12.1 Å². The molecule has 0 unspecified atom stereocenters. The number of primary amides is 1. The molecular weight excluding hydrogens is 292 g/mol. The van der Waals surface area contributed by atoms with Gasteiger partial charge >= 0.3 is 0 Å². The topological polar surface area (TPSA) is 75.8 Å². The van der Waals surface area contributed by atoms with Crippen LogP contribution in [0, 0.1) is 0 Å². The second-order valence-corrected chi connectivity index (χ2v) is 5.45. The van der Waals surface area contributed by atoms with Crippen LogP contribution in [-0.4, -0.2) is 36.7 Å². The molecule has 2 aromatic carbocycles. The molecule has 0 saturated heterocycles. The lowest BCUT2D eigenvalue weighted by Gasteiger charge is -2.27. The maximum Gasteiger partial charge on any atom is 0.248 e. The molecule has 0 fully saturated rings. The number of nitrogens with zero attached hydrogens (tertiary/aromatic N) is 1. The van der Waals surface area contributed by atoms with Crippen molar-refractivity contribution in [3.8, 4) is 5.75 Å². The standard InChI is InChI=1S/C18H22N2O3/c1-20(11-13-3-5-15(6-4-13)18(19)22)17(12-21)14-7-9-16(23-2)10-8-14/h3-10,17,21H,11-12H2,1-2H3,(H2,19,22)/t17-/m1/s1. The SMILES string of the molecule is COc1ccc([C@@H](CO)N(C)Cc2ccc(C(N)=O)cc2)cc1. The van der Waals surface area contributed by atoms with Gasteiger partial charge in [-0.3, -0.25) is 9.69 Å². The van der Waals surface area contributed by atoms with E-state index in [1.54, 1.807) is 19.2 Å². The first-order valence-corrected chi connectivity index (χ1v) is 7.39. The predicted octanol–water partition coefficient (Wildman–Crippen LogP) is 1.96. The van der Waals surface area contributed by atoms with Crippen LogP contribution < -0.4 is 10.5 Å². The van der Waals surface area contributed by atoms with E-state index in [1.807, 2.05) is 43.4 Å². The summed E-state index contributed by atoms with van der Waals surface area (Å²) in [5.41, 5.74) is 7.80. The zero-order valence-corrected chi connectivity index (χ0v) is 13.4. The third-order valence-corrected chi connectivity index (χ3v) is 3.88. The smallest absolute Gasteiger partial charge is 0.248 e. The molecule has 1 atom stereocenters. The van der Waals surface area contributed by atoms with E-state index in [9.17, 15) is 9.90 Å². The second kappa shape index (κ2) is 7.76. The fourth-order valence-corrected chi connectivity index (χ4v) is 2.50. The number of aliphatic hydroxyl groups excluding tert-OH is 1. The van der Waals surface area contributed by atoms with Gasteiger partial charge in [-0.15, -0.1) is 0 Å². The van der Waals surface area contributed by atoms with Gasteiger partial charge in [0.2, 0.25) is 5.91 Å². The highest BCUT2D eigenvalue weighted by atomic mass is 16.5. The summed E-state index contributed by atoms with van der Waals surface area (Å²) < 4.78 is 5.16. The molecule has 0 heterocycles. The van der Waals surface area contributed by atoms with Crippen molar-refractivity contribution in [1.82, 2.24) is 4.90 Å². The van der Waals surface area contributed by atoms with Gasteiger partial charge in [0.05, 0.1) is 19.8 Å². The molecule has 0 bridgehead atoms. The van der Waals surface area contributed by atoms with Crippen LogP contribution in [0.15, 0.2) is 48.5 Å². The van der Waals surface area contributed by atoms with Gasteiger partial charge in [-0.1, -0.05) is 24.3 Å². The number of hydrogen-bond donors (Lipinski definition) is 2. The third-order valence-electron chi connectivity index (χ3n) is 3.88. The highest BCUT2D eigenvalue weighted by Gasteiger charge is 2.16. The molecule has 0 spiro atoms.